The van der Waals surface area contributed by atoms with E-state index in [0.717, 1.165) is 11.1 Å². The van der Waals surface area contributed by atoms with Crippen LogP contribution in [0.5, 0.6) is 5.75 Å². The Bertz CT molecular complexity index is 1240. The van der Waals surface area contributed by atoms with E-state index in [-0.39, 0.29) is 31.4 Å². The molecule has 0 radical (unpaired) electrons. The molecule has 1 heterocycles. The van der Waals surface area contributed by atoms with Gasteiger partial charge in [-0.15, -0.1) is 10.2 Å². The number of carbonyl (C=O) groups excluding carboxylic acids is 2. The fraction of sp³-hybridized carbons (Fsp3) is 0.120. The molecule has 3 aromatic carbocycles. The molecular formula is C25H21ClN4O4. The maximum Gasteiger partial charge on any atom is 0.254 e. The first-order valence-corrected chi connectivity index (χ1v) is 10.8. The highest BCUT2D eigenvalue weighted by Gasteiger charge is 2.10. The van der Waals surface area contributed by atoms with E-state index in [0.29, 0.717) is 28.2 Å². The third-order valence-corrected chi connectivity index (χ3v) is 4.96. The second kappa shape index (κ2) is 11.1. The quantitative estimate of drug-likeness (QED) is 0.373. The molecule has 0 aliphatic carbocycles. The van der Waals surface area contributed by atoms with E-state index in [1.807, 2.05) is 30.3 Å². The zero-order valence-electron chi connectivity index (χ0n) is 18.0. The highest BCUT2D eigenvalue weighted by Crippen LogP contribution is 2.21. The average Bonchev–Trinajstić information content (AvgIpc) is 3.32. The van der Waals surface area contributed by atoms with E-state index < -0.39 is 0 Å². The number of halogens is 1. The molecule has 0 atom stereocenters. The number of rotatable bonds is 9. The molecule has 1 aromatic heterocycles. The number of aromatic nitrogens is 2. The number of hydrogen-bond donors (Lipinski definition) is 2. The van der Waals surface area contributed by atoms with Crippen molar-refractivity contribution in [3.05, 3.63) is 95.3 Å². The number of benzene rings is 3. The van der Waals surface area contributed by atoms with Crippen LogP contribution in [0.25, 0.3) is 11.5 Å². The van der Waals surface area contributed by atoms with E-state index in [1.54, 1.807) is 48.5 Å². The van der Waals surface area contributed by atoms with Crippen LogP contribution in [0, 0.1) is 0 Å². The molecular weight excluding hydrogens is 456 g/mol. The lowest BCUT2D eigenvalue weighted by molar-refractivity contribution is -0.123. The lowest BCUT2D eigenvalue weighted by atomic mass is 10.1. The Morgan fingerprint density at radius 2 is 1.62 bits per heavy atom. The van der Waals surface area contributed by atoms with Crippen LogP contribution < -0.4 is 15.4 Å². The van der Waals surface area contributed by atoms with Gasteiger partial charge in [-0.1, -0.05) is 41.9 Å². The van der Waals surface area contributed by atoms with Crippen LogP contribution in [0.4, 0.5) is 5.69 Å². The Balaban J connectivity index is 1.21. The van der Waals surface area contributed by atoms with Crippen molar-refractivity contribution in [3.8, 4) is 17.2 Å². The van der Waals surface area contributed by atoms with Crippen molar-refractivity contribution in [2.24, 2.45) is 0 Å². The summed E-state index contributed by atoms with van der Waals surface area (Å²) in [5, 5.41) is 14.0. The van der Waals surface area contributed by atoms with E-state index in [1.165, 1.54) is 0 Å². The van der Waals surface area contributed by atoms with Crippen LogP contribution in [0.1, 0.15) is 11.5 Å². The average molecular weight is 477 g/mol. The molecule has 0 saturated carbocycles. The lowest BCUT2D eigenvalue weighted by Gasteiger charge is -2.08. The minimum atomic E-state index is -0.323. The van der Waals surface area contributed by atoms with Crippen molar-refractivity contribution in [1.29, 1.82) is 0 Å². The van der Waals surface area contributed by atoms with Crippen LogP contribution in [0.15, 0.2) is 83.3 Å². The molecule has 4 aromatic rings. The number of carbonyl (C=O) groups is 2. The van der Waals surface area contributed by atoms with E-state index in [9.17, 15) is 9.59 Å². The predicted octanol–water partition coefficient (Wildman–Crippen LogP) is 4.27. The molecule has 0 unspecified atom stereocenters. The van der Waals surface area contributed by atoms with Gasteiger partial charge in [0.25, 0.3) is 5.89 Å². The topological polar surface area (TPSA) is 106 Å². The van der Waals surface area contributed by atoms with E-state index in [4.69, 9.17) is 20.8 Å². The second-order valence-corrected chi connectivity index (χ2v) is 7.74. The summed E-state index contributed by atoms with van der Waals surface area (Å²) in [5.74, 6) is 0.735. The van der Waals surface area contributed by atoms with Crippen molar-refractivity contribution in [1.82, 2.24) is 15.5 Å². The second-order valence-electron chi connectivity index (χ2n) is 7.31. The summed E-state index contributed by atoms with van der Waals surface area (Å²) >= 11 is 5.89. The Labute approximate surface area is 200 Å². The monoisotopic (exact) mass is 476 g/mol. The highest BCUT2D eigenvalue weighted by molar-refractivity contribution is 6.30. The maximum absolute atomic E-state index is 12.1. The molecule has 34 heavy (non-hydrogen) atoms. The van der Waals surface area contributed by atoms with Crippen molar-refractivity contribution in [2.45, 2.75) is 13.0 Å². The minimum absolute atomic E-state index is 0.0970. The van der Waals surface area contributed by atoms with Crippen molar-refractivity contribution >= 4 is 29.1 Å². The Kier molecular flexibility index (Phi) is 7.52. The fourth-order valence-corrected chi connectivity index (χ4v) is 3.15. The van der Waals surface area contributed by atoms with Crippen LogP contribution >= 0.6 is 11.6 Å². The normalized spacial score (nSPS) is 10.5. The number of ether oxygens (including phenoxy) is 1. The van der Waals surface area contributed by atoms with Gasteiger partial charge in [-0.25, -0.2) is 0 Å². The van der Waals surface area contributed by atoms with Crippen LogP contribution in [-0.2, 0) is 22.6 Å². The van der Waals surface area contributed by atoms with E-state index >= 15 is 0 Å². The van der Waals surface area contributed by atoms with Gasteiger partial charge in [-0.2, -0.15) is 0 Å². The molecule has 0 aliphatic rings. The molecule has 2 N–H and O–H groups in total. The van der Waals surface area contributed by atoms with Gasteiger partial charge in [-0.3, -0.25) is 9.59 Å². The smallest absolute Gasteiger partial charge is 0.254 e. The number of hydrogen-bond acceptors (Lipinski definition) is 6. The standard InChI is InChI=1S/C25H21ClN4O4/c26-19-8-6-18(7-9-19)25-30-29-24(34-25)16-33-21-12-10-20(11-13-21)28-23(32)15-27-22(31)14-17-4-2-1-3-5-17/h1-13H,14-16H2,(H,27,31)(H,28,32). The van der Waals surface area contributed by atoms with Crippen LogP contribution in [0.2, 0.25) is 5.02 Å². The zero-order valence-corrected chi connectivity index (χ0v) is 18.8. The summed E-state index contributed by atoms with van der Waals surface area (Å²) in [6, 6.07) is 23.2. The molecule has 0 fully saturated rings. The summed E-state index contributed by atoms with van der Waals surface area (Å²) in [5.41, 5.74) is 2.23. The first kappa shape index (κ1) is 23.0. The first-order chi connectivity index (χ1) is 16.5. The fourth-order valence-electron chi connectivity index (χ4n) is 3.03. The molecule has 4 rings (SSSR count). The Morgan fingerprint density at radius 1 is 0.882 bits per heavy atom. The summed E-state index contributed by atoms with van der Waals surface area (Å²) in [4.78, 5) is 24.1. The van der Waals surface area contributed by atoms with Gasteiger partial charge in [0, 0.05) is 16.3 Å². The molecule has 2 amide bonds. The van der Waals surface area contributed by atoms with Crippen LogP contribution in [-0.4, -0.2) is 28.6 Å². The SMILES string of the molecule is O=C(Cc1ccccc1)NCC(=O)Nc1ccc(OCc2nnc(-c3ccc(Cl)cc3)o2)cc1. The first-order valence-electron chi connectivity index (χ1n) is 10.5. The largest absolute Gasteiger partial charge is 0.484 e. The minimum Gasteiger partial charge on any atom is -0.484 e. The number of nitrogens with one attached hydrogen (secondary N) is 2. The lowest BCUT2D eigenvalue weighted by Crippen LogP contribution is -2.33. The van der Waals surface area contributed by atoms with Crippen molar-refractivity contribution in [3.63, 3.8) is 0 Å². The summed E-state index contributed by atoms with van der Waals surface area (Å²) in [6.07, 6.45) is 0.224. The molecule has 172 valence electrons. The Hall–Kier alpha value is -4.17. The number of nitrogens with zero attached hydrogens (tertiary/aromatic N) is 2. The maximum atomic E-state index is 12.1. The molecule has 9 heteroatoms. The van der Waals surface area contributed by atoms with Crippen molar-refractivity contribution < 1.29 is 18.7 Å². The number of amides is 2. The van der Waals surface area contributed by atoms with Crippen LogP contribution in [0.3, 0.4) is 0 Å². The van der Waals surface area contributed by atoms with E-state index in [2.05, 4.69) is 20.8 Å². The third-order valence-electron chi connectivity index (χ3n) is 4.71. The van der Waals surface area contributed by atoms with Gasteiger partial charge >= 0.3 is 0 Å². The molecule has 0 saturated heterocycles. The third kappa shape index (κ3) is 6.66. The summed E-state index contributed by atoms with van der Waals surface area (Å²) < 4.78 is 11.3. The molecule has 8 nitrogen and oxygen atoms in total. The summed E-state index contributed by atoms with van der Waals surface area (Å²) in [6.45, 7) is -0.0171. The Morgan fingerprint density at radius 3 is 2.35 bits per heavy atom. The van der Waals surface area contributed by atoms with Gasteiger partial charge in [0.1, 0.15) is 5.75 Å². The zero-order chi connectivity index (χ0) is 23.8. The molecule has 0 spiro atoms. The van der Waals surface area contributed by atoms with Gasteiger partial charge < -0.3 is 19.8 Å². The number of anilines is 1. The van der Waals surface area contributed by atoms with Gasteiger partial charge in [0.15, 0.2) is 6.61 Å². The highest BCUT2D eigenvalue weighted by atomic mass is 35.5. The predicted molar refractivity (Wildman–Crippen MR) is 127 cm³/mol. The molecule has 0 bridgehead atoms. The van der Waals surface area contributed by atoms with Gasteiger partial charge in [0.2, 0.25) is 17.7 Å². The summed E-state index contributed by atoms with van der Waals surface area (Å²) in [7, 11) is 0. The van der Waals surface area contributed by atoms with Gasteiger partial charge in [0.05, 0.1) is 13.0 Å². The van der Waals surface area contributed by atoms with Crippen molar-refractivity contribution in [2.75, 3.05) is 11.9 Å². The van der Waals surface area contributed by atoms with Gasteiger partial charge in [-0.05, 0) is 54.1 Å². The molecule has 0 aliphatic heterocycles.